The van der Waals surface area contributed by atoms with Gasteiger partial charge in [-0.2, -0.15) is 0 Å². The number of hydrogen-bond acceptors (Lipinski definition) is 4. The SMILES string of the molecule is O=C(c1ccc2c(c1)OCCCO2)C1(CO)CC1. The van der Waals surface area contributed by atoms with E-state index in [0.29, 0.717) is 30.3 Å². The molecule has 1 heterocycles. The Balaban J connectivity index is 1.90. The van der Waals surface area contributed by atoms with Gasteiger partial charge in [0.1, 0.15) is 0 Å². The number of ketones is 1. The Kier molecular flexibility index (Phi) is 2.74. The van der Waals surface area contributed by atoms with Crippen LogP contribution in [0.5, 0.6) is 11.5 Å². The third-order valence-electron chi connectivity index (χ3n) is 3.65. The molecule has 0 amide bonds. The Morgan fingerprint density at radius 1 is 1.22 bits per heavy atom. The molecule has 3 rings (SSSR count). The van der Waals surface area contributed by atoms with Gasteiger partial charge in [0, 0.05) is 12.0 Å². The minimum absolute atomic E-state index is 0.0145. The zero-order chi connectivity index (χ0) is 12.6. The zero-order valence-electron chi connectivity index (χ0n) is 10.1. The molecule has 0 atom stereocenters. The predicted molar refractivity (Wildman–Crippen MR) is 65.1 cm³/mol. The van der Waals surface area contributed by atoms with Crippen molar-refractivity contribution in [1.82, 2.24) is 0 Å². The van der Waals surface area contributed by atoms with E-state index in [1.165, 1.54) is 0 Å². The first-order valence-corrected chi connectivity index (χ1v) is 6.30. The van der Waals surface area contributed by atoms with E-state index in [-0.39, 0.29) is 12.4 Å². The molecule has 0 bridgehead atoms. The van der Waals surface area contributed by atoms with Crippen molar-refractivity contribution in [3.63, 3.8) is 0 Å². The monoisotopic (exact) mass is 248 g/mol. The molecular formula is C14H16O4. The summed E-state index contributed by atoms with van der Waals surface area (Å²) < 4.78 is 11.1. The van der Waals surface area contributed by atoms with Crippen LogP contribution in [0, 0.1) is 5.41 Å². The van der Waals surface area contributed by atoms with Crippen LogP contribution in [0.2, 0.25) is 0 Å². The highest BCUT2D eigenvalue weighted by Crippen LogP contribution is 2.48. The molecule has 2 aliphatic rings. The maximum absolute atomic E-state index is 12.3. The van der Waals surface area contributed by atoms with Crippen LogP contribution in [0.15, 0.2) is 18.2 Å². The van der Waals surface area contributed by atoms with Gasteiger partial charge in [0.25, 0.3) is 0 Å². The summed E-state index contributed by atoms with van der Waals surface area (Å²) in [6.07, 6.45) is 2.39. The fourth-order valence-electron chi connectivity index (χ4n) is 2.22. The lowest BCUT2D eigenvalue weighted by molar-refractivity contribution is 0.0829. The molecule has 1 saturated carbocycles. The second-order valence-electron chi connectivity index (χ2n) is 4.98. The molecule has 1 aromatic rings. The van der Waals surface area contributed by atoms with Crippen molar-refractivity contribution < 1.29 is 19.4 Å². The molecule has 0 radical (unpaired) electrons. The molecule has 4 nitrogen and oxygen atoms in total. The van der Waals surface area contributed by atoms with Gasteiger partial charge in [-0.1, -0.05) is 0 Å². The fraction of sp³-hybridized carbons (Fsp3) is 0.500. The van der Waals surface area contributed by atoms with Crippen molar-refractivity contribution in [3.8, 4) is 11.5 Å². The van der Waals surface area contributed by atoms with Crippen molar-refractivity contribution >= 4 is 5.78 Å². The number of aliphatic hydroxyl groups is 1. The van der Waals surface area contributed by atoms with Gasteiger partial charge in [-0.15, -0.1) is 0 Å². The van der Waals surface area contributed by atoms with Gasteiger partial charge in [0.15, 0.2) is 17.3 Å². The average Bonchev–Trinajstić information content (AvgIpc) is 3.21. The molecule has 96 valence electrons. The van der Waals surface area contributed by atoms with E-state index in [9.17, 15) is 9.90 Å². The largest absolute Gasteiger partial charge is 0.490 e. The van der Waals surface area contributed by atoms with E-state index in [0.717, 1.165) is 19.3 Å². The summed E-state index contributed by atoms with van der Waals surface area (Å²) in [7, 11) is 0. The summed E-state index contributed by atoms with van der Waals surface area (Å²) in [5.41, 5.74) is 0.0746. The maximum atomic E-state index is 12.3. The molecule has 0 aromatic heterocycles. The maximum Gasteiger partial charge on any atom is 0.171 e. The summed E-state index contributed by atoms with van der Waals surface area (Å²) >= 11 is 0. The third kappa shape index (κ3) is 1.86. The van der Waals surface area contributed by atoms with Crippen LogP contribution in [0.4, 0.5) is 0 Å². The highest BCUT2D eigenvalue weighted by atomic mass is 16.5. The smallest absolute Gasteiger partial charge is 0.171 e. The summed E-state index contributed by atoms with van der Waals surface area (Å²) in [5, 5.41) is 9.29. The van der Waals surface area contributed by atoms with Gasteiger partial charge >= 0.3 is 0 Å². The number of rotatable bonds is 3. The second-order valence-corrected chi connectivity index (χ2v) is 4.98. The Bertz CT molecular complexity index is 477. The van der Waals surface area contributed by atoms with Crippen LogP contribution in [0.1, 0.15) is 29.6 Å². The van der Waals surface area contributed by atoms with Crippen molar-refractivity contribution in [2.45, 2.75) is 19.3 Å². The zero-order valence-corrected chi connectivity index (χ0v) is 10.1. The Hall–Kier alpha value is -1.55. The summed E-state index contributed by atoms with van der Waals surface area (Å²) in [4.78, 5) is 12.3. The lowest BCUT2D eigenvalue weighted by Gasteiger charge is -2.12. The van der Waals surface area contributed by atoms with Gasteiger partial charge in [0.2, 0.25) is 0 Å². The van der Waals surface area contributed by atoms with Crippen LogP contribution < -0.4 is 9.47 Å². The lowest BCUT2D eigenvalue weighted by Crippen LogP contribution is -2.20. The molecule has 1 aliphatic heterocycles. The van der Waals surface area contributed by atoms with E-state index >= 15 is 0 Å². The number of fused-ring (bicyclic) bond motifs is 1. The molecule has 0 unspecified atom stereocenters. The van der Waals surface area contributed by atoms with Crippen molar-refractivity contribution in [3.05, 3.63) is 23.8 Å². The van der Waals surface area contributed by atoms with Crippen molar-refractivity contribution in [1.29, 1.82) is 0 Å². The first kappa shape index (κ1) is 11.5. The van der Waals surface area contributed by atoms with E-state index < -0.39 is 5.41 Å². The van der Waals surface area contributed by atoms with Gasteiger partial charge < -0.3 is 14.6 Å². The van der Waals surface area contributed by atoms with Crippen LogP contribution in [0.3, 0.4) is 0 Å². The van der Waals surface area contributed by atoms with E-state index in [2.05, 4.69) is 0 Å². The van der Waals surface area contributed by atoms with E-state index in [1.54, 1.807) is 18.2 Å². The number of ether oxygens (including phenoxy) is 2. The molecule has 1 N–H and O–H groups in total. The first-order chi connectivity index (χ1) is 8.75. The number of aliphatic hydroxyl groups excluding tert-OH is 1. The predicted octanol–water partition coefficient (Wildman–Crippen LogP) is 1.80. The summed E-state index contributed by atoms with van der Waals surface area (Å²) in [6, 6.07) is 5.27. The minimum atomic E-state index is -0.528. The van der Waals surface area contributed by atoms with Crippen molar-refractivity contribution in [2.75, 3.05) is 19.8 Å². The molecule has 1 aliphatic carbocycles. The Morgan fingerprint density at radius 2 is 1.94 bits per heavy atom. The Labute approximate surface area is 106 Å². The molecule has 0 spiro atoms. The standard InChI is InChI=1S/C14H16O4/c15-9-14(4-5-14)13(16)10-2-3-11-12(8-10)18-7-1-6-17-11/h2-3,8,15H,1,4-7,9H2. The van der Waals surface area contributed by atoms with E-state index in [1.807, 2.05) is 0 Å². The molecule has 0 saturated heterocycles. The number of carbonyl (C=O) groups is 1. The molecular weight excluding hydrogens is 232 g/mol. The lowest BCUT2D eigenvalue weighted by atomic mass is 9.95. The number of Topliss-reactive ketones (excluding diaryl/α,β-unsaturated/α-hetero) is 1. The second kappa shape index (κ2) is 4.28. The van der Waals surface area contributed by atoms with Gasteiger partial charge in [-0.3, -0.25) is 4.79 Å². The molecule has 1 aromatic carbocycles. The topological polar surface area (TPSA) is 55.8 Å². The van der Waals surface area contributed by atoms with Crippen LogP contribution in [-0.2, 0) is 0 Å². The molecule has 4 heteroatoms. The van der Waals surface area contributed by atoms with Gasteiger partial charge in [-0.25, -0.2) is 0 Å². The normalized spacial score (nSPS) is 20.1. The third-order valence-corrected chi connectivity index (χ3v) is 3.65. The van der Waals surface area contributed by atoms with Crippen LogP contribution >= 0.6 is 0 Å². The fourth-order valence-corrected chi connectivity index (χ4v) is 2.22. The number of carbonyl (C=O) groups excluding carboxylic acids is 1. The minimum Gasteiger partial charge on any atom is -0.490 e. The van der Waals surface area contributed by atoms with Crippen LogP contribution in [0.25, 0.3) is 0 Å². The highest BCUT2D eigenvalue weighted by molar-refractivity contribution is 6.02. The Morgan fingerprint density at radius 3 is 2.61 bits per heavy atom. The summed E-state index contributed by atoms with van der Waals surface area (Å²) in [5.74, 6) is 1.34. The highest BCUT2D eigenvalue weighted by Gasteiger charge is 2.49. The van der Waals surface area contributed by atoms with Gasteiger partial charge in [-0.05, 0) is 31.0 Å². The molecule has 18 heavy (non-hydrogen) atoms. The summed E-state index contributed by atoms with van der Waals surface area (Å²) in [6.45, 7) is 1.18. The average molecular weight is 248 g/mol. The molecule has 1 fully saturated rings. The number of benzene rings is 1. The van der Waals surface area contributed by atoms with E-state index in [4.69, 9.17) is 9.47 Å². The first-order valence-electron chi connectivity index (χ1n) is 6.30. The quantitative estimate of drug-likeness (QED) is 0.829. The van der Waals surface area contributed by atoms with Crippen LogP contribution in [-0.4, -0.2) is 30.7 Å². The van der Waals surface area contributed by atoms with Gasteiger partial charge in [0.05, 0.1) is 25.2 Å². The van der Waals surface area contributed by atoms with Crippen molar-refractivity contribution in [2.24, 2.45) is 5.41 Å². The number of hydrogen-bond donors (Lipinski definition) is 1.